The summed E-state index contributed by atoms with van der Waals surface area (Å²) in [6, 6.07) is 17.6. The number of hydrogen-bond acceptors (Lipinski definition) is 5. The van der Waals surface area contributed by atoms with Crippen LogP contribution in [0.3, 0.4) is 0 Å². The lowest BCUT2D eigenvalue weighted by Gasteiger charge is -2.31. The molecule has 4 aromatic rings. The van der Waals surface area contributed by atoms with E-state index in [0.29, 0.717) is 12.1 Å². The monoisotopic (exact) mass is 473 g/mol. The molecule has 3 heterocycles. The van der Waals surface area contributed by atoms with Crippen molar-refractivity contribution in [3.8, 4) is 0 Å². The number of rotatable bonds is 8. The fourth-order valence-corrected chi connectivity index (χ4v) is 5.18. The van der Waals surface area contributed by atoms with E-state index in [0.717, 1.165) is 53.1 Å². The van der Waals surface area contributed by atoms with Gasteiger partial charge in [0.25, 0.3) is 0 Å². The van der Waals surface area contributed by atoms with E-state index in [1.165, 1.54) is 35.9 Å². The molecule has 5 nitrogen and oxygen atoms in total. The van der Waals surface area contributed by atoms with Crippen molar-refractivity contribution in [1.82, 2.24) is 15.3 Å². The Hall–Kier alpha value is -2.89. The first-order valence-electron chi connectivity index (χ1n) is 12.3. The van der Waals surface area contributed by atoms with Crippen LogP contribution in [0.4, 0.5) is 11.4 Å². The van der Waals surface area contributed by atoms with Crippen LogP contribution in [0.1, 0.15) is 37.7 Å². The van der Waals surface area contributed by atoms with E-state index in [1.807, 2.05) is 36.7 Å². The van der Waals surface area contributed by atoms with Gasteiger partial charge in [-0.2, -0.15) is 0 Å². The molecule has 1 aliphatic rings. The second-order valence-corrected chi connectivity index (χ2v) is 9.76. The van der Waals surface area contributed by atoms with E-state index in [4.69, 9.17) is 11.6 Å². The molecule has 2 aromatic carbocycles. The van der Waals surface area contributed by atoms with Crippen molar-refractivity contribution in [2.24, 2.45) is 0 Å². The molecule has 0 radical (unpaired) electrons. The third-order valence-electron chi connectivity index (χ3n) is 6.80. The fourth-order valence-electron chi connectivity index (χ4n) is 5.02. The van der Waals surface area contributed by atoms with Gasteiger partial charge < -0.3 is 16.0 Å². The van der Waals surface area contributed by atoms with Crippen LogP contribution in [-0.2, 0) is 0 Å². The molecule has 0 spiro atoms. The second-order valence-electron chi connectivity index (χ2n) is 9.32. The number of aryl methyl sites for hydroxylation is 1. The lowest BCUT2D eigenvalue weighted by atomic mass is 9.94. The second kappa shape index (κ2) is 10.6. The van der Waals surface area contributed by atoms with Crippen molar-refractivity contribution in [3.63, 3.8) is 0 Å². The van der Waals surface area contributed by atoms with Crippen molar-refractivity contribution in [1.29, 1.82) is 0 Å². The Labute approximate surface area is 206 Å². The van der Waals surface area contributed by atoms with Gasteiger partial charge in [-0.25, -0.2) is 0 Å². The summed E-state index contributed by atoms with van der Waals surface area (Å²) >= 11 is 6.12. The Balaban J connectivity index is 1.11. The van der Waals surface area contributed by atoms with E-state index in [1.54, 1.807) is 0 Å². The molecule has 1 fully saturated rings. The number of aromatic nitrogens is 2. The first kappa shape index (κ1) is 22.9. The highest BCUT2D eigenvalue weighted by Gasteiger charge is 2.20. The van der Waals surface area contributed by atoms with Gasteiger partial charge in [0.2, 0.25) is 0 Å². The number of benzene rings is 2. The highest BCUT2D eigenvalue weighted by Crippen LogP contribution is 2.25. The largest absolute Gasteiger partial charge is 0.384 e. The Bertz CT molecular complexity index is 1180. The maximum atomic E-state index is 6.12. The summed E-state index contributed by atoms with van der Waals surface area (Å²) in [6.45, 7) is 4.01. The molecule has 3 N–H and O–H groups in total. The summed E-state index contributed by atoms with van der Waals surface area (Å²) in [5.74, 6) is 0. The van der Waals surface area contributed by atoms with Gasteiger partial charge in [-0.1, -0.05) is 30.2 Å². The number of pyridine rings is 2. The van der Waals surface area contributed by atoms with E-state index in [9.17, 15) is 0 Å². The minimum atomic E-state index is 0.554. The van der Waals surface area contributed by atoms with Crippen molar-refractivity contribution in [2.45, 2.75) is 51.1 Å². The fraction of sp³-hybridized carbons (Fsp3) is 0.357. The topological polar surface area (TPSA) is 61.9 Å². The minimum absolute atomic E-state index is 0.554. The van der Waals surface area contributed by atoms with Gasteiger partial charge >= 0.3 is 0 Å². The molecule has 5 rings (SSSR count). The van der Waals surface area contributed by atoms with Gasteiger partial charge in [-0.3, -0.25) is 9.97 Å². The Kier molecular flexibility index (Phi) is 7.12. The van der Waals surface area contributed by atoms with E-state index in [-0.39, 0.29) is 0 Å². The zero-order valence-electron chi connectivity index (χ0n) is 19.7. The third kappa shape index (κ3) is 5.43. The van der Waals surface area contributed by atoms with Gasteiger partial charge in [-0.15, -0.1) is 0 Å². The molecule has 0 bridgehead atoms. The molecule has 0 saturated carbocycles. The SMILES string of the molecule is Cc1ccc2c(NCCC3CCCC(CCNc4ccnc5cc(Cl)ccc45)N3)ccnc2c1. The van der Waals surface area contributed by atoms with Crippen LogP contribution in [0.25, 0.3) is 21.8 Å². The van der Waals surface area contributed by atoms with E-state index < -0.39 is 0 Å². The van der Waals surface area contributed by atoms with Crippen molar-refractivity contribution in [2.75, 3.05) is 23.7 Å². The normalized spacial score (nSPS) is 18.3. The number of nitrogens with one attached hydrogen (secondary N) is 3. The molecule has 1 saturated heterocycles. The first-order chi connectivity index (χ1) is 16.7. The number of hydrogen-bond donors (Lipinski definition) is 3. The van der Waals surface area contributed by atoms with Gasteiger partial charge in [0, 0.05) is 64.7 Å². The van der Waals surface area contributed by atoms with Crippen molar-refractivity contribution < 1.29 is 0 Å². The number of fused-ring (bicyclic) bond motifs is 2. The van der Waals surface area contributed by atoms with Crippen LogP contribution < -0.4 is 16.0 Å². The molecule has 34 heavy (non-hydrogen) atoms. The van der Waals surface area contributed by atoms with Crippen LogP contribution in [-0.4, -0.2) is 35.1 Å². The third-order valence-corrected chi connectivity index (χ3v) is 7.03. The summed E-state index contributed by atoms with van der Waals surface area (Å²) in [7, 11) is 0. The van der Waals surface area contributed by atoms with Crippen molar-refractivity contribution >= 4 is 44.8 Å². The molecular formula is C28H32ClN5. The van der Waals surface area contributed by atoms with Crippen LogP contribution in [0.15, 0.2) is 60.9 Å². The lowest BCUT2D eigenvalue weighted by Crippen LogP contribution is -2.43. The Morgan fingerprint density at radius 1 is 0.824 bits per heavy atom. The molecule has 6 heteroatoms. The first-order valence-corrected chi connectivity index (χ1v) is 12.7. The smallest absolute Gasteiger partial charge is 0.0737 e. The van der Waals surface area contributed by atoms with E-state index >= 15 is 0 Å². The molecule has 1 aliphatic heterocycles. The molecule has 0 aliphatic carbocycles. The highest BCUT2D eigenvalue weighted by atomic mass is 35.5. The predicted octanol–water partition coefficient (Wildman–Crippen LogP) is 6.56. The number of piperidine rings is 1. The molecule has 2 atom stereocenters. The Morgan fingerprint density at radius 2 is 1.41 bits per heavy atom. The number of nitrogens with zero attached hydrogens (tertiary/aromatic N) is 2. The summed E-state index contributed by atoms with van der Waals surface area (Å²) < 4.78 is 0. The minimum Gasteiger partial charge on any atom is -0.384 e. The zero-order chi connectivity index (χ0) is 23.3. The standard InChI is InChI=1S/C28H32ClN5/c1-19-5-7-23-25(11-15-32-27(23)17-19)30-13-9-21-3-2-4-22(34-21)10-14-31-26-12-16-33-28-18-20(29)6-8-24(26)28/h5-8,11-12,15-18,21-22,34H,2-4,9-10,13-14H2,1H3,(H,30,32)(H,31,33). The van der Waals surface area contributed by atoms with Crippen LogP contribution in [0, 0.1) is 6.92 Å². The lowest BCUT2D eigenvalue weighted by molar-refractivity contribution is 0.304. The average molecular weight is 474 g/mol. The highest BCUT2D eigenvalue weighted by molar-refractivity contribution is 6.31. The average Bonchev–Trinajstić information content (AvgIpc) is 2.84. The van der Waals surface area contributed by atoms with Gasteiger partial charge in [0.15, 0.2) is 0 Å². The summed E-state index contributed by atoms with van der Waals surface area (Å²) in [6.07, 6.45) is 9.74. The summed E-state index contributed by atoms with van der Waals surface area (Å²) in [5.41, 5.74) is 5.52. The summed E-state index contributed by atoms with van der Waals surface area (Å²) in [5, 5.41) is 14.2. The quantitative estimate of drug-likeness (QED) is 0.270. The molecule has 0 amide bonds. The van der Waals surface area contributed by atoms with Crippen molar-refractivity contribution in [3.05, 3.63) is 71.5 Å². The molecule has 176 valence electrons. The number of anilines is 2. The summed E-state index contributed by atoms with van der Waals surface area (Å²) in [4.78, 5) is 8.95. The molecule has 2 unspecified atom stereocenters. The zero-order valence-corrected chi connectivity index (χ0v) is 20.4. The number of halogens is 1. The maximum absolute atomic E-state index is 6.12. The molecule has 2 aromatic heterocycles. The molecular weight excluding hydrogens is 442 g/mol. The van der Waals surface area contributed by atoms with E-state index in [2.05, 4.69) is 57.1 Å². The van der Waals surface area contributed by atoms with Crippen LogP contribution in [0.2, 0.25) is 5.02 Å². The van der Waals surface area contributed by atoms with Crippen LogP contribution >= 0.6 is 11.6 Å². The maximum Gasteiger partial charge on any atom is 0.0737 e. The van der Waals surface area contributed by atoms with Crippen LogP contribution in [0.5, 0.6) is 0 Å². The van der Waals surface area contributed by atoms with Gasteiger partial charge in [-0.05, 0) is 74.6 Å². The van der Waals surface area contributed by atoms with Gasteiger partial charge in [0.1, 0.15) is 0 Å². The predicted molar refractivity (Wildman–Crippen MR) is 144 cm³/mol. The Morgan fingerprint density at radius 3 is 2.06 bits per heavy atom. The van der Waals surface area contributed by atoms with Gasteiger partial charge in [0.05, 0.1) is 11.0 Å².